The van der Waals surface area contributed by atoms with E-state index in [4.69, 9.17) is 0 Å². The molecule has 26 heavy (non-hydrogen) atoms. The summed E-state index contributed by atoms with van der Waals surface area (Å²) in [4.78, 5) is 13.1. The van der Waals surface area contributed by atoms with Gasteiger partial charge in [0.25, 0.3) is 0 Å². The van der Waals surface area contributed by atoms with Gasteiger partial charge in [-0.15, -0.1) is 5.10 Å². The minimum atomic E-state index is -0.247. The van der Waals surface area contributed by atoms with Crippen molar-refractivity contribution in [2.24, 2.45) is 0 Å². The molecule has 0 radical (unpaired) electrons. The van der Waals surface area contributed by atoms with Crippen LogP contribution < -0.4 is 0 Å². The normalized spacial score (nSPS) is 15.2. The Bertz CT molecular complexity index is 942. The minimum absolute atomic E-state index is 0.107. The van der Waals surface area contributed by atoms with Gasteiger partial charge >= 0.3 is 0 Å². The van der Waals surface area contributed by atoms with Gasteiger partial charge < -0.3 is 4.57 Å². The van der Waals surface area contributed by atoms with Crippen molar-refractivity contribution in [3.05, 3.63) is 53.3 Å². The van der Waals surface area contributed by atoms with Crippen molar-refractivity contribution in [2.45, 2.75) is 50.1 Å². The third-order valence-corrected chi connectivity index (χ3v) is 5.76. The summed E-state index contributed by atoms with van der Waals surface area (Å²) in [5, 5.41) is 12.4. The number of hydrogen-bond donors (Lipinski definition) is 0. The van der Waals surface area contributed by atoms with E-state index in [9.17, 15) is 4.79 Å². The number of benzene rings is 1. The second-order valence-corrected chi connectivity index (χ2v) is 8.03. The summed E-state index contributed by atoms with van der Waals surface area (Å²) >= 11 is 1.44. The highest BCUT2D eigenvalue weighted by Gasteiger charge is 2.30. The molecule has 6 nitrogen and oxygen atoms in total. The number of carbonyl (C=O) groups is 1. The average Bonchev–Trinajstić information content (AvgIpc) is 3.31. The van der Waals surface area contributed by atoms with Gasteiger partial charge in [-0.25, -0.2) is 4.68 Å². The first-order valence-electron chi connectivity index (χ1n) is 8.79. The van der Waals surface area contributed by atoms with Crippen LogP contribution in [0.1, 0.15) is 47.6 Å². The van der Waals surface area contributed by atoms with Crippen LogP contribution in [0.5, 0.6) is 0 Å². The van der Waals surface area contributed by atoms with E-state index in [0.717, 1.165) is 40.6 Å². The monoisotopic (exact) mass is 367 g/mol. The maximum Gasteiger partial charge on any atom is 0.210 e. The number of para-hydroxylation sites is 1. The first-order valence-corrected chi connectivity index (χ1v) is 9.67. The van der Waals surface area contributed by atoms with E-state index in [1.165, 1.54) is 11.8 Å². The lowest BCUT2D eigenvalue weighted by Gasteiger charge is -2.12. The fourth-order valence-electron chi connectivity index (χ4n) is 3.23. The molecule has 1 fully saturated rings. The number of ketones is 1. The lowest BCUT2D eigenvalue weighted by atomic mass is 10.1. The molecular weight excluding hydrogens is 346 g/mol. The minimum Gasteiger partial charge on any atom is -0.318 e. The lowest BCUT2D eigenvalue weighted by molar-refractivity contribution is 0.0993. The Kier molecular flexibility index (Phi) is 4.40. The van der Waals surface area contributed by atoms with Gasteiger partial charge in [-0.05, 0) is 62.2 Å². The van der Waals surface area contributed by atoms with Crippen molar-refractivity contribution in [3.8, 4) is 5.69 Å². The van der Waals surface area contributed by atoms with Gasteiger partial charge in [-0.1, -0.05) is 30.0 Å². The van der Waals surface area contributed by atoms with Crippen molar-refractivity contribution in [2.75, 3.05) is 0 Å². The molecule has 0 unspecified atom stereocenters. The zero-order valence-corrected chi connectivity index (χ0v) is 15.9. The first kappa shape index (κ1) is 17.0. The van der Waals surface area contributed by atoms with Crippen LogP contribution in [0.3, 0.4) is 0 Å². The predicted octanol–water partition coefficient (Wildman–Crippen LogP) is 3.78. The summed E-state index contributed by atoms with van der Waals surface area (Å²) in [6.45, 7) is 5.95. The Hall–Kier alpha value is -2.41. The van der Waals surface area contributed by atoms with E-state index < -0.39 is 0 Å². The molecule has 1 aromatic carbocycles. The molecule has 0 N–H and O–H groups in total. The summed E-state index contributed by atoms with van der Waals surface area (Å²) in [5.74, 6) is 0.107. The summed E-state index contributed by atoms with van der Waals surface area (Å²) in [5.41, 5.74) is 3.85. The molecule has 0 saturated heterocycles. The van der Waals surface area contributed by atoms with Gasteiger partial charge in [0.05, 0.1) is 11.3 Å². The van der Waals surface area contributed by atoms with Crippen molar-refractivity contribution in [3.63, 3.8) is 0 Å². The van der Waals surface area contributed by atoms with E-state index >= 15 is 0 Å². The molecule has 7 heteroatoms. The van der Waals surface area contributed by atoms with E-state index in [1.54, 1.807) is 0 Å². The third kappa shape index (κ3) is 3.07. The van der Waals surface area contributed by atoms with Crippen LogP contribution in [-0.2, 0) is 0 Å². The van der Waals surface area contributed by atoms with Crippen LogP contribution in [0.15, 0.2) is 41.6 Å². The number of aryl methyl sites for hydroxylation is 1. The van der Waals surface area contributed by atoms with E-state index in [0.29, 0.717) is 6.04 Å². The van der Waals surface area contributed by atoms with Crippen LogP contribution in [0, 0.1) is 13.8 Å². The molecule has 1 aliphatic rings. The highest BCUT2D eigenvalue weighted by molar-refractivity contribution is 8.00. The molecule has 0 amide bonds. The topological polar surface area (TPSA) is 65.6 Å². The molecule has 134 valence electrons. The maximum atomic E-state index is 13.1. The molecule has 0 bridgehead atoms. The van der Waals surface area contributed by atoms with Crippen molar-refractivity contribution < 1.29 is 4.79 Å². The SMILES string of the molecule is Cc1cc(C(=O)[C@@H](C)Sc2nnnn2C2CC2)c(C)n1-c1ccccc1. The van der Waals surface area contributed by atoms with Crippen LogP contribution in [0.25, 0.3) is 5.69 Å². The van der Waals surface area contributed by atoms with Crippen molar-refractivity contribution >= 4 is 17.5 Å². The van der Waals surface area contributed by atoms with Gasteiger partial charge in [-0.3, -0.25) is 4.79 Å². The fraction of sp³-hybridized carbons (Fsp3) is 0.368. The van der Waals surface area contributed by atoms with E-state index in [2.05, 4.69) is 32.2 Å². The third-order valence-electron chi connectivity index (χ3n) is 4.72. The zero-order chi connectivity index (χ0) is 18.3. The molecule has 1 aliphatic carbocycles. The number of tetrazole rings is 1. The van der Waals surface area contributed by atoms with Gasteiger partial charge in [-0.2, -0.15) is 0 Å². The largest absolute Gasteiger partial charge is 0.318 e. The molecule has 1 atom stereocenters. The predicted molar refractivity (Wildman–Crippen MR) is 101 cm³/mol. The molecule has 2 aromatic heterocycles. The summed E-state index contributed by atoms with van der Waals surface area (Å²) < 4.78 is 3.97. The number of Topliss-reactive ketones (excluding diaryl/α,β-unsaturated/α-hetero) is 1. The molecular formula is C19H21N5OS. The van der Waals surface area contributed by atoms with Gasteiger partial charge in [0.1, 0.15) is 0 Å². The molecule has 0 spiro atoms. The first-order chi connectivity index (χ1) is 12.6. The van der Waals surface area contributed by atoms with Crippen LogP contribution in [-0.4, -0.2) is 35.8 Å². The molecule has 4 rings (SSSR count). The highest BCUT2D eigenvalue weighted by atomic mass is 32.2. The quantitative estimate of drug-likeness (QED) is 0.490. The van der Waals surface area contributed by atoms with Gasteiger partial charge in [0.15, 0.2) is 5.78 Å². The van der Waals surface area contributed by atoms with Crippen LogP contribution in [0.2, 0.25) is 0 Å². The number of rotatable bonds is 6. The molecule has 2 heterocycles. The number of hydrogen-bond acceptors (Lipinski definition) is 5. The Labute approximate surface area is 156 Å². The summed E-state index contributed by atoms with van der Waals surface area (Å²) in [6, 6.07) is 12.5. The standard InChI is InChI=1S/C19H21N5OS/c1-12-11-17(13(2)23(12)15-7-5-4-6-8-15)18(25)14(3)26-19-20-21-22-24(19)16-9-10-16/h4-8,11,14,16H,9-10H2,1-3H3/t14-/m1/s1. The summed E-state index contributed by atoms with van der Waals surface area (Å²) in [7, 11) is 0. The fourth-order valence-corrected chi connectivity index (χ4v) is 4.16. The molecule has 3 aromatic rings. The van der Waals surface area contributed by atoms with Gasteiger partial charge in [0, 0.05) is 22.6 Å². The lowest BCUT2D eigenvalue weighted by Crippen LogP contribution is -2.15. The van der Waals surface area contributed by atoms with Crippen LogP contribution >= 0.6 is 11.8 Å². The van der Waals surface area contributed by atoms with E-state index in [-0.39, 0.29) is 11.0 Å². The number of carbonyl (C=O) groups excluding carboxylic acids is 1. The second-order valence-electron chi connectivity index (χ2n) is 6.72. The number of thioether (sulfide) groups is 1. The Morgan fingerprint density at radius 1 is 1.23 bits per heavy atom. The highest BCUT2D eigenvalue weighted by Crippen LogP contribution is 2.37. The Balaban J connectivity index is 1.59. The van der Waals surface area contributed by atoms with Crippen LogP contribution in [0.4, 0.5) is 0 Å². The van der Waals surface area contributed by atoms with Crippen molar-refractivity contribution in [1.82, 2.24) is 24.8 Å². The zero-order valence-electron chi connectivity index (χ0n) is 15.1. The smallest absolute Gasteiger partial charge is 0.210 e. The maximum absolute atomic E-state index is 13.1. The Morgan fingerprint density at radius 3 is 2.65 bits per heavy atom. The summed E-state index contributed by atoms with van der Waals surface area (Å²) in [6.07, 6.45) is 2.22. The average molecular weight is 367 g/mol. The number of nitrogens with zero attached hydrogens (tertiary/aromatic N) is 5. The second kappa shape index (κ2) is 6.72. The molecule has 0 aliphatic heterocycles. The van der Waals surface area contributed by atoms with Crippen molar-refractivity contribution in [1.29, 1.82) is 0 Å². The van der Waals surface area contributed by atoms with E-state index in [1.807, 2.05) is 49.7 Å². The Morgan fingerprint density at radius 2 is 1.96 bits per heavy atom. The van der Waals surface area contributed by atoms with Gasteiger partial charge in [0.2, 0.25) is 5.16 Å². The molecule has 1 saturated carbocycles. The number of aromatic nitrogens is 5.